The van der Waals surface area contributed by atoms with Gasteiger partial charge in [0.05, 0.1) is 17.9 Å². The number of hydrogen-bond donors (Lipinski definition) is 2. The predicted molar refractivity (Wildman–Crippen MR) is 109 cm³/mol. The maximum atomic E-state index is 13.1. The van der Waals surface area contributed by atoms with Crippen molar-refractivity contribution < 1.29 is 4.79 Å². The number of anilines is 2. The van der Waals surface area contributed by atoms with E-state index in [4.69, 9.17) is 17.6 Å². The summed E-state index contributed by atoms with van der Waals surface area (Å²) in [6.45, 7) is 4.31. The van der Waals surface area contributed by atoms with Crippen LogP contribution in [-0.2, 0) is 0 Å². The summed E-state index contributed by atoms with van der Waals surface area (Å²) in [7, 11) is 0. The summed E-state index contributed by atoms with van der Waals surface area (Å²) in [5, 5.41) is 3.10. The Balaban J connectivity index is 1.54. The molecule has 2 aliphatic heterocycles. The van der Waals surface area contributed by atoms with Gasteiger partial charge in [-0.1, -0.05) is 0 Å². The van der Waals surface area contributed by atoms with Crippen molar-refractivity contribution in [3.05, 3.63) is 36.2 Å². The van der Waals surface area contributed by atoms with E-state index in [1.54, 1.807) is 4.90 Å². The Bertz CT molecular complexity index is 898. The molecule has 2 aromatic heterocycles. The quantitative estimate of drug-likeness (QED) is 0.802. The minimum Gasteiger partial charge on any atom is -0.365 e. The van der Waals surface area contributed by atoms with Crippen LogP contribution in [0.25, 0.3) is 11.3 Å². The van der Waals surface area contributed by atoms with Crippen LogP contribution in [0.1, 0.15) is 25.0 Å². The molecule has 4 heterocycles. The maximum absolute atomic E-state index is 13.1. The number of rotatable bonds is 3. The maximum Gasteiger partial charge on any atom is 0.324 e. The fraction of sp³-hybridized carbons (Fsp3) is 0.450. The van der Waals surface area contributed by atoms with Crippen LogP contribution < -0.4 is 15.1 Å². The van der Waals surface area contributed by atoms with Crippen molar-refractivity contribution in [2.24, 2.45) is 5.92 Å². The molecule has 1 saturated carbocycles. The second-order valence-electron chi connectivity index (χ2n) is 7.85. The average Bonchev–Trinajstić information content (AvgIpc) is 3.43. The highest BCUT2D eigenvalue weighted by Crippen LogP contribution is 2.47. The molecular formula is C20H23N5OS. The SMILES string of the molecule is Cc1ccc(-c2ccc3c(n2)N(C(=O)NCC2CC2)[C@@]2(S)CCN3C2)cn1. The monoisotopic (exact) mass is 381 g/mol. The smallest absolute Gasteiger partial charge is 0.324 e. The molecule has 1 aliphatic carbocycles. The highest BCUT2D eigenvalue weighted by molar-refractivity contribution is 7.82. The van der Waals surface area contributed by atoms with Gasteiger partial charge in [-0.2, -0.15) is 0 Å². The van der Waals surface area contributed by atoms with Crippen molar-refractivity contribution in [1.29, 1.82) is 0 Å². The second kappa shape index (κ2) is 6.12. The molecule has 0 radical (unpaired) electrons. The van der Waals surface area contributed by atoms with E-state index in [2.05, 4.69) is 21.3 Å². The third-order valence-corrected chi connectivity index (χ3v) is 6.26. The van der Waals surface area contributed by atoms with E-state index in [0.717, 1.165) is 48.7 Å². The predicted octanol–water partition coefficient (Wildman–Crippen LogP) is 3.23. The van der Waals surface area contributed by atoms with Gasteiger partial charge in [-0.25, -0.2) is 9.78 Å². The van der Waals surface area contributed by atoms with Crippen LogP contribution in [-0.4, -0.2) is 40.5 Å². The number of aryl methyl sites for hydroxylation is 1. The first-order valence-electron chi connectivity index (χ1n) is 9.53. The lowest BCUT2D eigenvalue weighted by Crippen LogP contribution is -2.57. The lowest BCUT2D eigenvalue weighted by atomic mass is 10.1. The number of carbonyl (C=O) groups excluding carboxylic acids is 1. The number of urea groups is 1. The van der Waals surface area contributed by atoms with Gasteiger partial charge in [0.1, 0.15) is 4.87 Å². The molecule has 1 N–H and O–H groups in total. The van der Waals surface area contributed by atoms with Crippen LogP contribution in [0.5, 0.6) is 0 Å². The zero-order valence-corrected chi connectivity index (χ0v) is 16.2. The molecule has 0 aromatic carbocycles. The first-order valence-corrected chi connectivity index (χ1v) is 9.98. The van der Waals surface area contributed by atoms with E-state index >= 15 is 0 Å². The number of amides is 2. The van der Waals surface area contributed by atoms with Crippen molar-refractivity contribution in [2.75, 3.05) is 29.4 Å². The van der Waals surface area contributed by atoms with Crippen LogP contribution in [0.4, 0.5) is 16.3 Å². The zero-order valence-electron chi connectivity index (χ0n) is 15.4. The Hall–Kier alpha value is -2.28. The number of hydrogen-bond acceptors (Lipinski definition) is 5. The second-order valence-corrected chi connectivity index (χ2v) is 8.68. The molecule has 0 unspecified atom stereocenters. The Morgan fingerprint density at radius 3 is 2.93 bits per heavy atom. The lowest BCUT2D eigenvalue weighted by Gasteiger charge is -2.42. The number of nitrogens with zero attached hydrogens (tertiary/aromatic N) is 4. The van der Waals surface area contributed by atoms with Crippen LogP contribution in [0, 0.1) is 12.8 Å². The molecule has 5 rings (SSSR count). The molecule has 2 aromatic rings. The van der Waals surface area contributed by atoms with Crippen LogP contribution in [0.3, 0.4) is 0 Å². The molecule has 0 spiro atoms. The van der Waals surface area contributed by atoms with Gasteiger partial charge < -0.3 is 10.2 Å². The normalized spacial score (nSPS) is 23.3. The molecule has 3 aliphatic rings. The van der Waals surface area contributed by atoms with Gasteiger partial charge in [0.15, 0.2) is 5.82 Å². The average molecular weight is 382 g/mol. The summed E-state index contributed by atoms with van der Waals surface area (Å²) >= 11 is 4.92. The molecule has 140 valence electrons. The van der Waals surface area contributed by atoms with Gasteiger partial charge >= 0.3 is 6.03 Å². The lowest BCUT2D eigenvalue weighted by molar-refractivity contribution is 0.242. The van der Waals surface area contributed by atoms with Crippen molar-refractivity contribution >= 4 is 30.2 Å². The molecule has 1 atom stereocenters. The van der Waals surface area contributed by atoms with Gasteiger partial charge in [-0.3, -0.25) is 9.88 Å². The fourth-order valence-corrected chi connectivity index (χ4v) is 4.37. The van der Waals surface area contributed by atoms with Crippen molar-refractivity contribution in [1.82, 2.24) is 15.3 Å². The van der Waals surface area contributed by atoms with Crippen molar-refractivity contribution in [3.63, 3.8) is 0 Å². The molecule has 2 bridgehead atoms. The highest BCUT2D eigenvalue weighted by atomic mass is 32.1. The van der Waals surface area contributed by atoms with Crippen LogP contribution in [0.15, 0.2) is 30.5 Å². The van der Waals surface area contributed by atoms with E-state index < -0.39 is 4.87 Å². The molecule has 2 amide bonds. The topological polar surface area (TPSA) is 61.4 Å². The van der Waals surface area contributed by atoms with Gasteiger partial charge in [-0.15, -0.1) is 12.6 Å². The van der Waals surface area contributed by atoms with Crippen molar-refractivity contribution in [3.8, 4) is 11.3 Å². The van der Waals surface area contributed by atoms with Crippen molar-refractivity contribution in [2.45, 2.75) is 31.1 Å². The third kappa shape index (κ3) is 2.94. The molecule has 2 fully saturated rings. The van der Waals surface area contributed by atoms with Crippen LogP contribution in [0.2, 0.25) is 0 Å². The summed E-state index contributed by atoms with van der Waals surface area (Å²) < 4.78 is 0. The van der Waals surface area contributed by atoms with Crippen LogP contribution >= 0.6 is 12.6 Å². The fourth-order valence-electron chi connectivity index (χ4n) is 3.91. The summed E-state index contributed by atoms with van der Waals surface area (Å²) in [5.74, 6) is 1.33. The van der Waals surface area contributed by atoms with Gasteiger partial charge in [0.2, 0.25) is 0 Å². The molecule has 6 nitrogen and oxygen atoms in total. The minimum atomic E-state index is -0.516. The number of aromatic nitrogens is 2. The Morgan fingerprint density at radius 2 is 2.19 bits per heavy atom. The van der Waals surface area contributed by atoms with Gasteiger partial charge in [-0.05, 0) is 56.4 Å². The minimum absolute atomic E-state index is 0.0913. The molecule has 27 heavy (non-hydrogen) atoms. The van der Waals surface area contributed by atoms with E-state index in [9.17, 15) is 4.79 Å². The molecular weight excluding hydrogens is 358 g/mol. The summed E-state index contributed by atoms with van der Waals surface area (Å²) in [4.78, 5) is 25.9. The Labute approximate surface area is 164 Å². The highest BCUT2D eigenvalue weighted by Gasteiger charge is 2.49. The summed E-state index contributed by atoms with van der Waals surface area (Å²) in [5.41, 5.74) is 3.74. The van der Waals surface area contributed by atoms with E-state index in [-0.39, 0.29) is 6.03 Å². The molecule has 1 saturated heterocycles. The number of carbonyl (C=O) groups is 1. The number of thiol groups is 1. The van der Waals surface area contributed by atoms with E-state index in [0.29, 0.717) is 11.7 Å². The van der Waals surface area contributed by atoms with Gasteiger partial charge in [0.25, 0.3) is 0 Å². The summed E-state index contributed by atoms with van der Waals surface area (Å²) in [6, 6.07) is 7.98. The first kappa shape index (κ1) is 16.9. The van der Waals surface area contributed by atoms with E-state index in [1.165, 1.54) is 12.8 Å². The number of nitrogens with one attached hydrogen (secondary N) is 1. The van der Waals surface area contributed by atoms with E-state index in [1.807, 2.05) is 31.3 Å². The summed E-state index contributed by atoms with van der Waals surface area (Å²) in [6.07, 6.45) is 5.07. The number of fused-ring (bicyclic) bond motifs is 4. The standard InChI is InChI=1S/C20H23N5OS/c1-13-2-5-15(11-21-13)16-6-7-17-18(23-16)25(19(26)22-10-14-3-4-14)20(27)8-9-24(17)12-20/h2,5-7,11,14,27H,3-4,8-10,12H2,1H3,(H,22,26)/t20-/m1/s1. The Kier molecular flexibility index (Phi) is 3.82. The third-order valence-electron chi connectivity index (χ3n) is 5.70. The van der Waals surface area contributed by atoms with Gasteiger partial charge in [0, 0.05) is 30.5 Å². The molecule has 7 heteroatoms. The largest absolute Gasteiger partial charge is 0.365 e. The first-order chi connectivity index (χ1) is 13.0. The zero-order chi connectivity index (χ0) is 18.6. The number of pyridine rings is 2. The Morgan fingerprint density at radius 1 is 1.33 bits per heavy atom.